The van der Waals surface area contributed by atoms with Gasteiger partial charge in [-0.25, -0.2) is 8.42 Å². The lowest BCUT2D eigenvalue weighted by molar-refractivity contribution is 0.0593. The highest BCUT2D eigenvalue weighted by Crippen LogP contribution is 2.37. The fourth-order valence-corrected chi connectivity index (χ4v) is 8.05. The second-order valence-electron chi connectivity index (χ2n) is 11.5. The molecule has 3 fully saturated rings. The first kappa shape index (κ1) is 28.1. The molecule has 0 atom stereocenters. The standard InChI is InChI=1S/C29H42N4O5S/c1-21-15-26(37-4)16-22(2)28(21)39(35,36)33(25-5-6-25)19-27-17-24(20-38-27)29(34)32-13-11-31(12-14-32)18-23-7-9-30(3)10-8-23/h15-17,20,23,25H,5-14,18-19H2,1-4H3. The van der Waals surface area contributed by atoms with Crippen molar-refractivity contribution >= 4 is 15.9 Å². The van der Waals surface area contributed by atoms with Crippen molar-refractivity contribution in [2.24, 2.45) is 5.92 Å². The van der Waals surface area contributed by atoms with Gasteiger partial charge in [0, 0.05) is 38.8 Å². The van der Waals surface area contributed by atoms with Crippen LogP contribution in [0.25, 0.3) is 0 Å². The summed E-state index contributed by atoms with van der Waals surface area (Å²) in [6, 6.07) is 5.16. The molecule has 9 nitrogen and oxygen atoms in total. The van der Waals surface area contributed by atoms with E-state index in [9.17, 15) is 13.2 Å². The minimum atomic E-state index is -3.76. The Kier molecular flexibility index (Phi) is 8.37. The van der Waals surface area contributed by atoms with Gasteiger partial charge in [-0.05, 0) is 94.9 Å². The summed E-state index contributed by atoms with van der Waals surface area (Å²) in [5, 5.41) is 0. The number of carbonyl (C=O) groups is 1. The fourth-order valence-electron chi connectivity index (χ4n) is 5.98. The molecule has 39 heavy (non-hydrogen) atoms. The molecule has 0 radical (unpaired) electrons. The first-order valence-corrected chi connectivity index (χ1v) is 15.5. The molecule has 0 N–H and O–H groups in total. The van der Waals surface area contributed by atoms with E-state index in [4.69, 9.17) is 9.15 Å². The van der Waals surface area contributed by atoms with Crippen molar-refractivity contribution in [3.05, 3.63) is 46.9 Å². The van der Waals surface area contributed by atoms with E-state index in [1.54, 1.807) is 39.2 Å². The second-order valence-corrected chi connectivity index (χ2v) is 13.3. The maximum atomic E-state index is 13.8. The van der Waals surface area contributed by atoms with Gasteiger partial charge >= 0.3 is 0 Å². The molecular formula is C29H42N4O5S. The molecule has 3 aliphatic rings. The molecule has 2 aromatic rings. The molecule has 1 amide bonds. The summed E-state index contributed by atoms with van der Waals surface area (Å²) in [5.41, 5.74) is 1.80. The van der Waals surface area contributed by atoms with Crippen molar-refractivity contribution in [3.8, 4) is 5.75 Å². The Bertz CT molecular complexity index is 1250. The number of hydrogen-bond donors (Lipinski definition) is 0. The second kappa shape index (κ2) is 11.6. The Morgan fingerprint density at radius 2 is 1.64 bits per heavy atom. The first-order valence-electron chi connectivity index (χ1n) is 14.1. The van der Waals surface area contributed by atoms with Gasteiger partial charge in [0.05, 0.1) is 24.1 Å². The largest absolute Gasteiger partial charge is 0.497 e. The van der Waals surface area contributed by atoms with E-state index in [1.807, 2.05) is 4.90 Å². The monoisotopic (exact) mass is 558 g/mol. The highest BCUT2D eigenvalue weighted by atomic mass is 32.2. The first-order chi connectivity index (χ1) is 18.7. The number of aryl methyl sites for hydroxylation is 2. The minimum Gasteiger partial charge on any atom is -0.497 e. The van der Waals surface area contributed by atoms with Crippen molar-refractivity contribution in [1.29, 1.82) is 0 Å². The lowest BCUT2D eigenvalue weighted by Gasteiger charge is -2.38. The molecule has 2 saturated heterocycles. The number of ether oxygens (including phenoxy) is 1. The van der Waals surface area contributed by atoms with Crippen LogP contribution in [0.3, 0.4) is 0 Å². The summed E-state index contributed by atoms with van der Waals surface area (Å²) in [5.74, 6) is 1.82. The number of piperazine rings is 1. The van der Waals surface area contributed by atoms with Crippen molar-refractivity contribution in [1.82, 2.24) is 19.0 Å². The van der Waals surface area contributed by atoms with Gasteiger partial charge in [0.25, 0.3) is 5.91 Å². The lowest BCUT2D eigenvalue weighted by Crippen LogP contribution is -2.50. The zero-order valence-electron chi connectivity index (χ0n) is 23.7. The van der Waals surface area contributed by atoms with Gasteiger partial charge in [0.2, 0.25) is 10.0 Å². The van der Waals surface area contributed by atoms with Crippen LogP contribution in [0.4, 0.5) is 0 Å². The van der Waals surface area contributed by atoms with E-state index < -0.39 is 10.0 Å². The van der Waals surface area contributed by atoms with Crippen LogP contribution in [0.2, 0.25) is 0 Å². The molecule has 1 aliphatic carbocycles. The van der Waals surface area contributed by atoms with Crippen molar-refractivity contribution < 1.29 is 22.4 Å². The Hall–Kier alpha value is -2.40. The maximum absolute atomic E-state index is 13.8. The number of rotatable bonds is 9. The number of sulfonamides is 1. The van der Waals surface area contributed by atoms with Gasteiger partial charge in [-0.1, -0.05) is 0 Å². The van der Waals surface area contributed by atoms with Crippen LogP contribution in [0.1, 0.15) is 52.9 Å². The maximum Gasteiger partial charge on any atom is 0.257 e. The summed E-state index contributed by atoms with van der Waals surface area (Å²) in [6.07, 6.45) is 5.62. The third kappa shape index (κ3) is 6.34. The Balaban J connectivity index is 1.22. The van der Waals surface area contributed by atoms with Crippen LogP contribution in [-0.2, 0) is 16.6 Å². The number of nitrogens with zero attached hydrogens (tertiary/aromatic N) is 4. The Morgan fingerprint density at radius 3 is 2.23 bits per heavy atom. The SMILES string of the molecule is COc1cc(C)c(S(=O)(=O)N(Cc2cc(C(=O)N3CCN(CC4CCN(C)CC4)CC3)co2)C2CC2)c(C)c1. The van der Waals surface area contributed by atoms with E-state index in [1.165, 1.54) is 36.5 Å². The van der Waals surface area contributed by atoms with Crippen LogP contribution in [0.5, 0.6) is 5.75 Å². The zero-order chi connectivity index (χ0) is 27.7. The summed E-state index contributed by atoms with van der Waals surface area (Å²) in [7, 11) is 0.000872. The van der Waals surface area contributed by atoms with Gasteiger partial charge in [-0.15, -0.1) is 0 Å². The summed E-state index contributed by atoms with van der Waals surface area (Å²) in [6.45, 7) is 10.3. The van der Waals surface area contributed by atoms with Gasteiger partial charge in [0.15, 0.2) is 0 Å². The topological polar surface area (TPSA) is 86.5 Å². The predicted octanol–water partition coefficient (Wildman–Crippen LogP) is 3.36. The minimum absolute atomic E-state index is 0.0494. The molecule has 2 aliphatic heterocycles. The smallest absolute Gasteiger partial charge is 0.257 e. The summed E-state index contributed by atoms with van der Waals surface area (Å²) in [4.78, 5) is 20.3. The van der Waals surface area contributed by atoms with Gasteiger partial charge in [-0.2, -0.15) is 4.31 Å². The van der Waals surface area contributed by atoms with Crippen LogP contribution < -0.4 is 4.74 Å². The van der Waals surface area contributed by atoms with Crippen LogP contribution >= 0.6 is 0 Å². The molecule has 0 spiro atoms. The highest BCUT2D eigenvalue weighted by Gasteiger charge is 2.40. The van der Waals surface area contributed by atoms with Gasteiger partial charge < -0.3 is 19.0 Å². The molecule has 1 aromatic carbocycles. The predicted molar refractivity (Wildman–Crippen MR) is 149 cm³/mol. The van der Waals surface area contributed by atoms with Crippen LogP contribution in [0.15, 0.2) is 33.8 Å². The Labute approximate surface area is 232 Å². The molecule has 0 bridgehead atoms. The fraction of sp³-hybridized carbons (Fsp3) is 0.621. The molecule has 0 unspecified atom stereocenters. The third-order valence-electron chi connectivity index (χ3n) is 8.42. The van der Waals surface area contributed by atoms with E-state index in [-0.39, 0.29) is 18.5 Å². The van der Waals surface area contributed by atoms with Gasteiger partial charge in [0.1, 0.15) is 17.8 Å². The number of hydrogen-bond acceptors (Lipinski definition) is 7. The average molecular weight is 559 g/mol. The summed E-state index contributed by atoms with van der Waals surface area (Å²) < 4.78 is 40.2. The number of methoxy groups -OCH3 is 1. The van der Waals surface area contributed by atoms with Crippen molar-refractivity contribution in [2.75, 3.05) is 60.0 Å². The number of amides is 1. The number of benzene rings is 1. The number of likely N-dealkylation sites (tertiary alicyclic amines) is 1. The van der Waals surface area contributed by atoms with Crippen LogP contribution in [0, 0.1) is 19.8 Å². The molecule has 5 rings (SSSR count). The highest BCUT2D eigenvalue weighted by molar-refractivity contribution is 7.89. The molecule has 10 heteroatoms. The van der Waals surface area contributed by atoms with E-state index in [0.717, 1.165) is 38.4 Å². The molecule has 1 saturated carbocycles. The summed E-state index contributed by atoms with van der Waals surface area (Å²) >= 11 is 0. The van der Waals surface area contributed by atoms with E-state index in [0.29, 0.717) is 46.2 Å². The Morgan fingerprint density at radius 1 is 1.00 bits per heavy atom. The van der Waals surface area contributed by atoms with E-state index in [2.05, 4.69) is 16.8 Å². The van der Waals surface area contributed by atoms with E-state index >= 15 is 0 Å². The number of piperidine rings is 1. The molecular weight excluding hydrogens is 516 g/mol. The average Bonchev–Trinajstić information content (AvgIpc) is 3.64. The lowest BCUT2D eigenvalue weighted by atomic mass is 9.96. The molecule has 214 valence electrons. The third-order valence-corrected chi connectivity index (χ3v) is 10.6. The van der Waals surface area contributed by atoms with Crippen molar-refractivity contribution in [2.45, 2.75) is 57.0 Å². The van der Waals surface area contributed by atoms with Crippen molar-refractivity contribution in [3.63, 3.8) is 0 Å². The normalized spacial score (nSPS) is 20.1. The van der Waals surface area contributed by atoms with Gasteiger partial charge in [-0.3, -0.25) is 9.69 Å². The quantitative estimate of drug-likeness (QED) is 0.467. The molecule has 1 aromatic heterocycles. The number of furan rings is 1. The molecule has 3 heterocycles. The number of carbonyl (C=O) groups excluding carboxylic acids is 1. The zero-order valence-corrected chi connectivity index (χ0v) is 24.5. The van der Waals surface area contributed by atoms with Crippen LogP contribution in [-0.4, -0.2) is 99.3 Å².